The number of aromatic nitrogens is 4. The summed E-state index contributed by atoms with van der Waals surface area (Å²) in [5.41, 5.74) is 9.62. The van der Waals surface area contributed by atoms with E-state index < -0.39 is 0 Å². The van der Waals surface area contributed by atoms with E-state index in [-0.39, 0.29) is 5.91 Å². The molecule has 0 aliphatic carbocycles. The minimum absolute atomic E-state index is 0.228. The van der Waals surface area contributed by atoms with Gasteiger partial charge in [0.25, 0.3) is 5.91 Å². The number of carbonyl (C=O) groups is 1. The Morgan fingerprint density at radius 2 is 1.97 bits per heavy atom. The lowest BCUT2D eigenvalue weighted by molar-refractivity contribution is 0.102. The van der Waals surface area contributed by atoms with Crippen molar-refractivity contribution in [2.45, 2.75) is 13.3 Å². The van der Waals surface area contributed by atoms with E-state index in [1.165, 1.54) is 17.7 Å². The smallest absolute Gasteiger partial charge is 0.258 e. The van der Waals surface area contributed by atoms with E-state index in [0.717, 1.165) is 32.7 Å². The van der Waals surface area contributed by atoms with E-state index in [1.54, 1.807) is 29.1 Å². The van der Waals surface area contributed by atoms with E-state index >= 15 is 0 Å². The van der Waals surface area contributed by atoms with Gasteiger partial charge < -0.3 is 11.1 Å². The number of rotatable bonds is 4. The molecule has 0 bridgehead atoms. The lowest BCUT2D eigenvalue weighted by atomic mass is 10.0. The molecule has 148 valence electrons. The van der Waals surface area contributed by atoms with Crippen LogP contribution < -0.4 is 11.1 Å². The Labute approximate surface area is 179 Å². The number of aryl methyl sites for hydroxylation is 1. The maximum atomic E-state index is 13.1. The van der Waals surface area contributed by atoms with Gasteiger partial charge in [0.2, 0.25) is 0 Å². The highest BCUT2D eigenvalue weighted by Crippen LogP contribution is 2.32. The lowest BCUT2D eigenvalue weighted by Crippen LogP contribution is -2.13. The minimum atomic E-state index is -0.228. The quantitative estimate of drug-likeness (QED) is 0.435. The summed E-state index contributed by atoms with van der Waals surface area (Å²) in [5, 5.41) is 9.74. The summed E-state index contributed by atoms with van der Waals surface area (Å²) < 4.78 is 0.715. The van der Waals surface area contributed by atoms with Crippen LogP contribution in [-0.4, -0.2) is 25.8 Å². The maximum absolute atomic E-state index is 13.1. The number of nitrogens with zero attached hydrogens (tertiary/aromatic N) is 4. The van der Waals surface area contributed by atoms with Gasteiger partial charge >= 0.3 is 0 Å². The molecule has 0 radical (unpaired) electrons. The number of anilines is 2. The van der Waals surface area contributed by atoms with Gasteiger partial charge in [-0.15, -0.1) is 22.7 Å². The molecule has 5 aromatic rings. The number of hydrogen-bond acceptors (Lipinski definition) is 8. The predicted octanol–water partition coefficient (Wildman–Crippen LogP) is 4.43. The SMILES string of the molecule is Cc1ccc2c(Cc3nccs3)nccc2c1NC(=O)c1csc2c(N)ncnc12. The van der Waals surface area contributed by atoms with Gasteiger partial charge in [-0.2, -0.15) is 0 Å². The molecule has 0 aliphatic heterocycles. The molecule has 4 aromatic heterocycles. The van der Waals surface area contributed by atoms with Gasteiger partial charge in [-0.05, 0) is 18.6 Å². The van der Waals surface area contributed by atoms with Crippen molar-refractivity contribution < 1.29 is 4.79 Å². The van der Waals surface area contributed by atoms with Crippen LogP contribution in [0, 0.1) is 6.92 Å². The molecule has 0 atom stereocenters. The molecule has 0 saturated carbocycles. The third kappa shape index (κ3) is 3.17. The van der Waals surface area contributed by atoms with Crippen molar-refractivity contribution in [2.24, 2.45) is 0 Å². The number of nitrogen functional groups attached to an aromatic ring is 1. The zero-order valence-corrected chi connectivity index (χ0v) is 17.5. The van der Waals surface area contributed by atoms with Crippen molar-refractivity contribution in [3.63, 3.8) is 0 Å². The molecule has 1 amide bonds. The normalized spacial score (nSPS) is 11.2. The number of thiazole rings is 1. The summed E-state index contributed by atoms with van der Waals surface area (Å²) in [5.74, 6) is 0.150. The summed E-state index contributed by atoms with van der Waals surface area (Å²) in [6.07, 6.45) is 5.59. The molecule has 5 rings (SSSR count). The van der Waals surface area contributed by atoms with Gasteiger partial charge in [-0.1, -0.05) is 12.1 Å². The molecule has 0 unspecified atom stereocenters. The van der Waals surface area contributed by atoms with Crippen molar-refractivity contribution in [1.29, 1.82) is 0 Å². The Hall–Kier alpha value is -3.43. The molecule has 7 nitrogen and oxygen atoms in total. The monoisotopic (exact) mass is 432 g/mol. The number of pyridine rings is 1. The Morgan fingerprint density at radius 1 is 1.07 bits per heavy atom. The molecule has 1 aromatic carbocycles. The maximum Gasteiger partial charge on any atom is 0.258 e. The van der Waals surface area contributed by atoms with Crippen LogP contribution in [0.2, 0.25) is 0 Å². The van der Waals surface area contributed by atoms with Crippen LogP contribution in [0.1, 0.15) is 26.6 Å². The third-order valence-corrected chi connectivity index (χ3v) is 6.67. The minimum Gasteiger partial charge on any atom is -0.382 e. The Morgan fingerprint density at radius 3 is 2.80 bits per heavy atom. The molecule has 0 saturated heterocycles. The van der Waals surface area contributed by atoms with Crippen LogP contribution in [0.5, 0.6) is 0 Å². The van der Waals surface area contributed by atoms with E-state index in [0.29, 0.717) is 28.0 Å². The van der Waals surface area contributed by atoms with Crippen LogP contribution in [0.15, 0.2) is 47.7 Å². The lowest BCUT2D eigenvalue weighted by Gasteiger charge is -2.13. The van der Waals surface area contributed by atoms with Crippen LogP contribution in [0.3, 0.4) is 0 Å². The first-order valence-corrected chi connectivity index (χ1v) is 10.9. The topological polar surface area (TPSA) is 107 Å². The summed E-state index contributed by atoms with van der Waals surface area (Å²) in [7, 11) is 0. The highest BCUT2D eigenvalue weighted by molar-refractivity contribution is 7.18. The van der Waals surface area contributed by atoms with Gasteiger partial charge in [0.15, 0.2) is 0 Å². The van der Waals surface area contributed by atoms with E-state index in [9.17, 15) is 4.79 Å². The van der Waals surface area contributed by atoms with Crippen molar-refractivity contribution in [3.05, 3.63) is 69.5 Å². The average molecular weight is 433 g/mol. The molecular formula is C21H16N6OS2. The Balaban J connectivity index is 1.56. The molecule has 4 heterocycles. The van der Waals surface area contributed by atoms with E-state index in [1.807, 2.05) is 30.5 Å². The molecular weight excluding hydrogens is 416 g/mol. The molecule has 0 fully saturated rings. The third-order valence-electron chi connectivity index (χ3n) is 4.90. The summed E-state index contributed by atoms with van der Waals surface area (Å²) >= 11 is 2.97. The highest BCUT2D eigenvalue weighted by atomic mass is 32.1. The first-order valence-electron chi connectivity index (χ1n) is 9.16. The van der Waals surface area contributed by atoms with Gasteiger partial charge in [-0.3, -0.25) is 9.78 Å². The van der Waals surface area contributed by atoms with Gasteiger partial charge in [0.05, 0.1) is 32.2 Å². The largest absolute Gasteiger partial charge is 0.382 e. The molecule has 30 heavy (non-hydrogen) atoms. The van der Waals surface area contributed by atoms with Gasteiger partial charge in [0.1, 0.15) is 12.1 Å². The van der Waals surface area contributed by atoms with Crippen LogP contribution in [-0.2, 0) is 6.42 Å². The van der Waals surface area contributed by atoms with Crippen molar-refractivity contribution in [3.8, 4) is 0 Å². The number of fused-ring (bicyclic) bond motifs is 2. The van der Waals surface area contributed by atoms with Crippen LogP contribution in [0.4, 0.5) is 11.5 Å². The Bertz CT molecular complexity index is 1390. The molecule has 3 N–H and O–H groups in total. The standard InChI is InChI=1S/C21H16N6OS2/c1-11-2-3-12-13(4-5-23-15(12)8-16-24-6-7-29-16)17(11)27-21(28)14-9-30-19-18(14)25-10-26-20(19)22/h2-7,9-10H,8H2,1H3,(H,27,28)(H2,22,25,26). The predicted molar refractivity (Wildman–Crippen MR) is 121 cm³/mol. The second kappa shape index (κ2) is 7.43. The fraction of sp³-hybridized carbons (Fsp3) is 0.0952. The zero-order valence-electron chi connectivity index (χ0n) is 15.9. The highest BCUT2D eigenvalue weighted by Gasteiger charge is 2.18. The second-order valence-corrected chi connectivity index (χ2v) is 8.61. The number of carbonyl (C=O) groups excluding carboxylic acids is 1. The molecule has 0 spiro atoms. The zero-order chi connectivity index (χ0) is 20.7. The van der Waals surface area contributed by atoms with E-state index in [4.69, 9.17) is 5.73 Å². The number of nitrogens with two attached hydrogens (primary N) is 1. The fourth-order valence-electron chi connectivity index (χ4n) is 3.43. The summed E-state index contributed by atoms with van der Waals surface area (Å²) in [6, 6.07) is 5.97. The molecule has 0 aliphatic rings. The second-order valence-electron chi connectivity index (χ2n) is 6.75. The van der Waals surface area contributed by atoms with Crippen molar-refractivity contribution >= 4 is 61.1 Å². The first kappa shape index (κ1) is 18.6. The number of amides is 1. The van der Waals surface area contributed by atoms with Gasteiger partial charge in [-0.25, -0.2) is 15.0 Å². The average Bonchev–Trinajstić information content (AvgIpc) is 3.41. The van der Waals surface area contributed by atoms with Gasteiger partial charge in [0, 0.05) is 40.3 Å². The number of hydrogen-bond donors (Lipinski definition) is 2. The number of thiophene rings is 1. The summed E-state index contributed by atoms with van der Waals surface area (Å²) in [6.45, 7) is 1.97. The Kier molecular flexibility index (Phi) is 4.61. The summed E-state index contributed by atoms with van der Waals surface area (Å²) in [4.78, 5) is 30.3. The van der Waals surface area contributed by atoms with Crippen molar-refractivity contribution in [2.75, 3.05) is 11.1 Å². The first-order chi connectivity index (χ1) is 14.6. The van der Waals surface area contributed by atoms with Crippen LogP contribution >= 0.6 is 22.7 Å². The fourth-order valence-corrected chi connectivity index (χ4v) is 4.95. The number of nitrogens with one attached hydrogen (secondary N) is 1. The van der Waals surface area contributed by atoms with Crippen LogP contribution in [0.25, 0.3) is 21.0 Å². The number of benzene rings is 1. The molecule has 9 heteroatoms. The van der Waals surface area contributed by atoms with E-state index in [2.05, 4.69) is 25.3 Å². The van der Waals surface area contributed by atoms with Crippen molar-refractivity contribution in [1.82, 2.24) is 19.9 Å².